The first-order chi connectivity index (χ1) is 25.8. The number of hydrogen-bond donors (Lipinski definition) is 3. The summed E-state index contributed by atoms with van der Waals surface area (Å²) in [7, 11) is 0. The van der Waals surface area contributed by atoms with Crippen molar-refractivity contribution in [3.8, 4) is 12.1 Å². The second-order valence-corrected chi connectivity index (χ2v) is 14.2. The lowest BCUT2D eigenvalue weighted by Gasteiger charge is -2.36. The van der Waals surface area contributed by atoms with Crippen LogP contribution in [-0.2, 0) is 0 Å². The average Bonchev–Trinajstić information content (AvgIpc) is 3.94. The lowest BCUT2D eigenvalue weighted by atomic mass is 10.1. The van der Waals surface area contributed by atoms with E-state index in [9.17, 15) is 24.4 Å². The molecule has 2 aliphatic heterocycles. The number of piperazine rings is 2. The topological polar surface area (TPSA) is 169 Å². The van der Waals surface area contributed by atoms with Crippen molar-refractivity contribution in [1.82, 2.24) is 25.1 Å². The molecule has 0 spiro atoms. The van der Waals surface area contributed by atoms with Crippen LogP contribution in [0.2, 0.25) is 5.02 Å². The van der Waals surface area contributed by atoms with Crippen molar-refractivity contribution in [2.24, 2.45) is 0 Å². The molecule has 2 amide bonds. The minimum absolute atomic E-state index is 0. The van der Waals surface area contributed by atoms with E-state index in [0.29, 0.717) is 48.3 Å². The van der Waals surface area contributed by atoms with E-state index in [0.717, 1.165) is 41.3 Å². The Kier molecular flexibility index (Phi) is 16.6. The fourth-order valence-electron chi connectivity index (χ4n) is 6.07. The largest absolute Gasteiger partial charge is 0.366 e. The first kappa shape index (κ1) is 44.6. The molecule has 0 atom stereocenters. The Labute approximate surface area is 339 Å². The van der Waals surface area contributed by atoms with Gasteiger partial charge < -0.3 is 30.0 Å². The van der Waals surface area contributed by atoms with Gasteiger partial charge in [-0.05, 0) is 35.0 Å². The number of nitrogens with zero attached hydrogens (tertiary/aromatic N) is 5. The number of anilines is 1. The van der Waals surface area contributed by atoms with Gasteiger partial charge in [0.25, 0.3) is 22.9 Å². The van der Waals surface area contributed by atoms with Crippen LogP contribution in [0.5, 0.6) is 0 Å². The normalized spacial score (nSPS) is 13.2. The third-order valence-corrected chi connectivity index (χ3v) is 10.8. The molecule has 0 bridgehead atoms. The summed E-state index contributed by atoms with van der Waals surface area (Å²) < 4.78 is 0. The number of nitriles is 2. The van der Waals surface area contributed by atoms with Crippen LogP contribution >= 0.6 is 34.3 Å². The smallest absolute Gasteiger partial charge is 0.268 e. The summed E-state index contributed by atoms with van der Waals surface area (Å²) in [5, 5.41) is 27.0. The zero-order valence-electron chi connectivity index (χ0n) is 28.3. The number of aromatic amines is 2. The second-order valence-electron chi connectivity index (χ2n) is 11.9. The average molecular weight is 813 g/mol. The number of aromatic nitrogens is 2. The predicted molar refractivity (Wildman–Crippen MR) is 229 cm³/mol. The van der Waals surface area contributed by atoms with E-state index in [1.807, 2.05) is 80.1 Å². The van der Waals surface area contributed by atoms with Gasteiger partial charge in [0.1, 0.15) is 23.3 Å². The Morgan fingerprint density at radius 2 is 1.09 bits per heavy atom. The van der Waals surface area contributed by atoms with Gasteiger partial charge in [-0.15, -0.1) is 22.7 Å². The molecule has 0 unspecified atom stereocenters. The zero-order valence-corrected chi connectivity index (χ0v) is 30.7. The molecule has 2 saturated heterocycles. The standard InChI is InChI=1S/C19H16N4O2S.C10H5ClN2O.C9H12N2OS.3CH4/c20-12-14-17(13-4-1-2-5-15(13)21-18(14)24)22-7-9-23(10-8-22)19(25)16-6-3-11-26-16;11-9-6-3-1-2-4-8(6)13-10(14)7(9)5-12;12-9(8-2-1-7-13-8)11-5-3-10-4-6-11;;;/h1-6,11H,7-10H2,(H,21,24);1-4H,(H,13,14);1-2,7,10H,3-6H2;3*1H4. The van der Waals surface area contributed by atoms with Crippen LogP contribution in [-0.4, -0.2) is 83.9 Å². The fourth-order valence-corrected chi connectivity index (χ4v) is 7.75. The molecule has 2 fully saturated rings. The quantitative estimate of drug-likeness (QED) is 0.169. The number of H-pyrrole nitrogens is 2. The van der Waals surface area contributed by atoms with Gasteiger partial charge in [0.05, 0.1) is 26.0 Å². The number of nitrogens with one attached hydrogen (secondary N) is 3. The van der Waals surface area contributed by atoms with Crippen molar-refractivity contribution in [3.05, 3.63) is 130 Å². The molecule has 0 radical (unpaired) electrons. The Hall–Kier alpha value is -5.77. The minimum Gasteiger partial charge on any atom is -0.366 e. The minimum atomic E-state index is -0.448. The van der Waals surface area contributed by atoms with E-state index in [4.69, 9.17) is 16.9 Å². The Balaban J connectivity index is 0.000000239. The van der Waals surface area contributed by atoms with Crippen molar-refractivity contribution in [2.75, 3.05) is 57.3 Å². The summed E-state index contributed by atoms with van der Waals surface area (Å²) in [5.74, 6) is 0.215. The SMILES string of the molecule is C.C.C.N#Cc1c(Cl)c2ccccc2[nH]c1=O.N#Cc1c(N2CCN(C(=O)c3cccs3)CC2)c2ccccc2[nH]c1=O.O=C(c1cccs1)N1CCNCC1. The highest BCUT2D eigenvalue weighted by molar-refractivity contribution is 7.12. The van der Waals surface area contributed by atoms with Gasteiger partial charge in [-0.2, -0.15) is 10.5 Å². The van der Waals surface area contributed by atoms with Crippen LogP contribution in [0.15, 0.2) is 93.1 Å². The monoisotopic (exact) mass is 812 g/mol. The number of carbonyl (C=O) groups is 2. The number of carbonyl (C=O) groups excluding carboxylic acids is 2. The first-order valence-electron chi connectivity index (χ1n) is 16.7. The molecule has 2 aromatic carbocycles. The van der Waals surface area contributed by atoms with Gasteiger partial charge in [-0.25, -0.2) is 0 Å². The summed E-state index contributed by atoms with van der Waals surface area (Å²) >= 11 is 8.86. The molecule has 0 saturated carbocycles. The third kappa shape index (κ3) is 9.90. The molecule has 8 rings (SSSR count). The molecule has 0 aliphatic carbocycles. The van der Waals surface area contributed by atoms with Crippen molar-refractivity contribution in [2.45, 2.75) is 22.3 Å². The number of benzene rings is 2. The Bertz CT molecular complexity index is 2440. The third-order valence-electron chi connectivity index (χ3n) is 8.73. The molecule has 15 heteroatoms. The second kappa shape index (κ2) is 20.8. The van der Waals surface area contributed by atoms with E-state index in [1.165, 1.54) is 22.7 Å². The number of amides is 2. The van der Waals surface area contributed by atoms with Crippen LogP contribution in [0.3, 0.4) is 0 Å². The number of fused-ring (bicyclic) bond motifs is 2. The summed E-state index contributed by atoms with van der Waals surface area (Å²) in [6.45, 7) is 5.77. The molecular formula is C41H45ClN8O4S2. The summed E-state index contributed by atoms with van der Waals surface area (Å²) in [4.78, 5) is 60.6. The van der Waals surface area contributed by atoms with Gasteiger partial charge in [-0.3, -0.25) is 19.2 Å². The van der Waals surface area contributed by atoms with Crippen LogP contribution in [0.4, 0.5) is 5.69 Å². The van der Waals surface area contributed by atoms with Crippen LogP contribution in [0.25, 0.3) is 21.8 Å². The number of para-hydroxylation sites is 2. The van der Waals surface area contributed by atoms with E-state index < -0.39 is 5.56 Å². The molecule has 56 heavy (non-hydrogen) atoms. The first-order valence-corrected chi connectivity index (χ1v) is 18.8. The maximum Gasteiger partial charge on any atom is 0.268 e. The fraction of sp³-hybridized carbons (Fsp3) is 0.268. The molecular weight excluding hydrogens is 768 g/mol. The van der Waals surface area contributed by atoms with Gasteiger partial charge in [-0.1, -0.05) is 82.4 Å². The highest BCUT2D eigenvalue weighted by Crippen LogP contribution is 2.29. The van der Waals surface area contributed by atoms with Crippen molar-refractivity contribution < 1.29 is 9.59 Å². The predicted octanol–water partition coefficient (Wildman–Crippen LogP) is 7.18. The molecule has 4 aromatic heterocycles. The van der Waals surface area contributed by atoms with Crippen molar-refractivity contribution >= 4 is 73.6 Å². The van der Waals surface area contributed by atoms with Gasteiger partial charge in [0.2, 0.25) is 0 Å². The van der Waals surface area contributed by atoms with E-state index in [-0.39, 0.29) is 55.8 Å². The molecule has 3 N–H and O–H groups in total. The van der Waals surface area contributed by atoms with E-state index in [2.05, 4.69) is 15.3 Å². The zero-order chi connectivity index (χ0) is 37.3. The maximum absolute atomic E-state index is 12.5. The molecule has 2 aliphatic rings. The maximum atomic E-state index is 12.5. The number of rotatable bonds is 3. The van der Waals surface area contributed by atoms with Crippen LogP contribution in [0.1, 0.15) is 52.8 Å². The van der Waals surface area contributed by atoms with Gasteiger partial charge in [0.15, 0.2) is 0 Å². The number of thiophene rings is 2. The van der Waals surface area contributed by atoms with Crippen LogP contribution < -0.4 is 21.3 Å². The molecule has 292 valence electrons. The molecule has 6 aromatic rings. The lowest BCUT2D eigenvalue weighted by molar-refractivity contribution is 0.0737. The Morgan fingerprint density at radius 1 is 0.625 bits per heavy atom. The highest BCUT2D eigenvalue weighted by atomic mass is 35.5. The van der Waals surface area contributed by atoms with Crippen molar-refractivity contribution in [1.29, 1.82) is 10.5 Å². The van der Waals surface area contributed by atoms with E-state index >= 15 is 0 Å². The number of halogens is 1. The Morgan fingerprint density at radius 3 is 1.59 bits per heavy atom. The van der Waals surface area contributed by atoms with E-state index in [1.54, 1.807) is 30.3 Å². The highest BCUT2D eigenvalue weighted by Gasteiger charge is 2.26. The van der Waals surface area contributed by atoms with Crippen molar-refractivity contribution in [3.63, 3.8) is 0 Å². The molecule has 12 nitrogen and oxygen atoms in total. The summed E-state index contributed by atoms with van der Waals surface area (Å²) in [5.41, 5.74) is 1.28. The van der Waals surface area contributed by atoms with Crippen LogP contribution in [0, 0.1) is 22.7 Å². The lowest BCUT2D eigenvalue weighted by Crippen LogP contribution is -2.49. The number of pyridine rings is 2. The van der Waals surface area contributed by atoms with Gasteiger partial charge in [0, 0.05) is 68.6 Å². The summed E-state index contributed by atoms with van der Waals surface area (Å²) in [6.07, 6.45) is 0. The molecule has 6 heterocycles. The summed E-state index contributed by atoms with van der Waals surface area (Å²) in [6, 6.07) is 25.9. The number of hydrogen-bond acceptors (Lipinski definition) is 10. The van der Waals surface area contributed by atoms with Gasteiger partial charge >= 0.3 is 0 Å².